The highest BCUT2D eigenvalue weighted by Crippen LogP contribution is 2.31. The SMILES string of the molecule is Cc1cc2c(n1C1CCCOC1)CCCC2=O. The summed E-state index contributed by atoms with van der Waals surface area (Å²) in [5, 5.41) is 0. The number of hydrogen-bond acceptors (Lipinski definition) is 2. The van der Waals surface area contributed by atoms with Crippen molar-refractivity contribution in [2.24, 2.45) is 0 Å². The summed E-state index contributed by atoms with van der Waals surface area (Å²) in [5.41, 5.74) is 3.45. The molecule has 17 heavy (non-hydrogen) atoms. The van der Waals surface area contributed by atoms with E-state index < -0.39 is 0 Å². The fourth-order valence-electron chi connectivity index (χ4n) is 3.19. The first-order valence-electron chi connectivity index (χ1n) is 6.59. The molecule has 1 aromatic rings. The van der Waals surface area contributed by atoms with Crippen LogP contribution in [-0.4, -0.2) is 23.6 Å². The van der Waals surface area contributed by atoms with Gasteiger partial charge >= 0.3 is 0 Å². The molecule has 1 fully saturated rings. The predicted octanol–water partition coefficient (Wildman–Crippen LogP) is 2.67. The molecule has 0 saturated carbocycles. The largest absolute Gasteiger partial charge is 0.379 e. The number of Topliss-reactive ketones (excluding diaryl/α,β-unsaturated/α-hetero) is 1. The molecule has 3 rings (SSSR count). The third-order valence-corrected chi connectivity index (χ3v) is 3.95. The van der Waals surface area contributed by atoms with E-state index in [0.29, 0.717) is 11.8 Å². The van der Waals surface area contributed by atoms with Gasteiger partial charge in [-0.3, -0.25) is 4.79 Å². The van der Waals surface area contributed by atoms with Crippen molar-refractivity contribution in [2.75, 3.05) is 13.2 Å². The van der Waals surface area contributed by atoms with Crippen molar-refractivity contribution in [3.8, 4) is 0 Å². The molecule has 1 saturated heterocycles. The fraction of sp³-hybridized carbons (Fsp3) is 0.643. The lowest BCUT2D eigenvalue weighted by Crippen LogP contribution is -2.25. The maximum Gasteiger partial charge on any atom is 0.164 e. The van der Waals surface area contributed by atoms with Crippen molar-refractivity contribution in [1.82, 2.24) is 4.57 Å². The summed E-state index contributed by atoms with van der Waals surface area (Å²) in [6.45, 7) is 3.80. The lowest BCUT2D eigenvalue weighted by molar-refractivity contribution is 0.0575. The van der Waals surface area contributed by atoms with Gasteiger partial charge in [0.15, 0.2) is 5.78 Å². The van der Waals surface area contributed by atoms with E-state index in [9.17, 15) is 4.79 Å². The van der Waals surface area contributed by atoms with Gasteiger partial charge in [0.2, 0.25) is 0 Å². The molecule has 1 aromatic heterocycles. The van der Waals surface area contributed by atoms with Crippen molar-refractivity contribution in [2.45, 2.75) is 45.1 Å². The molecule has 0 aromatic carbocycles. The second-order valence-electron chi connectivity index (χ2n) is 5.16. The van der Waals surface area contributed by atoms with Crippen LogP contribution in [0.25, 0.3) is 0 Å². The zero-order valence-corrected chi connectivity index (χ0v) is 10.4. The van der Waals surface area contributed by atoms with Crippen molar-refractivity contribution >= 4 is 5.78 Å². The number of hydrogen-bond donors (Lipinski definition) is 0. The Morgan fingerprint density at radius 1 is 1.35 bits per heavy atom. The van der Waals surface area contributed by atoms with E-state index in [-0.39, 0.29) is 0 Å². The molecule has 3 nitrogen and oxygen atoms in total. The molecule has 1 unspecified atom stereocenters. The van der Waals surface area contributed by atoms with Gasteiger partial charge in [-0.05, 0) is 38.7 Å². The Bertz CT molecular complexity index is 441. The fourth-order valence-corrected chi connectivity index (χ4v) is 3.19. The van der Waals surface area contributed by atoms with E-state index in [0.717, 1.165) is 44.5 Å². The van der Waals surface area contributed by atoms with E-state index in [2.05, 4.69) is 17.6 Å². The van der Waals surface area contributed by atoms with Gasteiger partial charge in [-0.2, -0.15) is 0 Å². The molecule has 1 atom stereocenters. The van der Waals surface area contributed by atoms with Gasteiger partial charge in [0.05, 0.1) is 12.6 Å². The molecule has 3 heteroatoms. The lowest BCUT2D eigenvalue weighted by Gasteiger charge is -2.28. The number of fused-ring (bicyclic) bond motifs is 1. The van der Waals surface area contributed by atoms with Gasteiger partial charge in [-0.25, -0.2) is 0 Å². The molecular weight excluding hydrogens is 214 g/mol. The van der Waals surface area contributed by atoms with Gasteiger partial charge in [0, 0.05) is 30.0 Å². The normalized spacial score (nSPS) is 24.8. The summed E-state index contributed by atoms with van der Waals surface area (Å²) in [4.78, 5) is 11.9. The first-order valence-corrected chi connectivity index (χ1v) is 6.59. The minimum Gasteiger partial charge on any atom is -0.379 e. The first kappa shape index (κ1) is 11.0. The van der Waals surface area contributed by atoms with Crippen LogP contribution in [0.15, 0.2) is 6.07 Å². The zero-order chi connectivity index (χ0) is 11.8. The molecule has 0 amide bonds. The Morgan fingerprint density at radius 2 is 2.24 bits per heavy atom. The van der Waals surface area contributed by atoms with Crippen LogP contribution < -0.4 is 0 Å². The first-order chi connectivity index (χ1) is 8.27. The van der Waals surface area contributed by atoms with Gasteiger partial charge < -0.3 is 9.30 Å². The highest BCUT2D eigenvalue weighted by molar-refractivity contribution is 5.98. The third kappa shape index (κ3) is 1.82. The molecule has 0 N–H and O–H groups in total. The minimum atomic E-state index is 0.324. The molecule has 2 aliphatic rings. The highest BCUT2D eigenvalue weighted by Gasteiger charge is 2.26. The van der Waals surface area contributed by atoms with E-state index in [1.807, 2.05) is 0 Å². The average molecular weight is 233 g/mol. The number of carbonyl (C=O) groups is 1. The quantitative estimate of drug-likeness (QED) is 0.746. The Kier molecular flexibility index (Phi) is 2.79. The topological polar surface area (TPSA) is 31.2 Å². The van der Waals surface area contributed by atoms with Crippen LogP contribution >= 0.6 is 0 Å². The Balaban J connectivity index is 2.01. The molecule has 0 spiro atoms. The lowest BCUT2D eigenvalue weighted by atomic mass is 9.96. The van der Waals surface area contributed by atoms with Crippen LogP contribution in [-0.2, 0) is 11.2 Å². The number of aryl methyl sites for hydroxylation is 1. The summed E-state index contributed by atoms with van der Waals surface area (Å²) in [5.74, 6) is 0.324. The highest BCUT2D eigenvalue weighted by atomic mass is 16.5. The van der Waals surface area contributed by atoms with Crippen LogP contribution in [0.1, 0.15) is 53.5 Å². The number of rotatable bonds is 1. The Morgan fingerprint density at radius 3 is 3.00 bits per heavy atom. The van der Waals surface area contributed by atoms with Gasteiger partial charge in [0.1, 0.15) is 0 Å². The summed E-state index contributed by atoms with van der Waals surface area (Å²) in [6.07, 6.45) is 5.08. The van der Waals surface area contributed by atoms with Crippen molar-refractivity contribution < 1.29 is 9.53 Å². The number of aromatic nitrogens is 1. The van der Waals surface area contributed by atoms with E-state index in [4.69, 9.17) is 4.74 Å². The Hall–Kier alpha value is -1.09. The molecule has 0 radical (unpaired) electrons. The van der Waals surface area contributed by atoms with Gasteiger partial charge in [-0.15, -0.1) is 0 Å². The van der Waals surface area contributed by atoms with Crippen molar-refractivity contribution in [1.29, 1.82) is 0 Å². The van der Waals surface area contributed by atoms with Crippen LogP contribution in [0.4, 0.5) is 0 Å². The maximum absolute atomic E-state index is 11.9. The second-order valence-corrected chi connectivity index (χ2v) is 5.16. The third-order valence-electron chi connectivity index (χ3n) is 3.95. The summed E-state index contributed by atoms with van der Waals surface area (Å²) in [6, 6.07) is 2.52. The number of ether oxygens (including phenoxy) is 1. The second kappa shape index (κ2) is 4.30. The van der Waals surface area contributed by atoms with E-state index >= 15 is 0 Å². The molecule has 1 aliphatic heterocycles. The number of ketones is 1. The van der Waals surface area contributed by atoms with Crippen LogP contribution in [0.5, 0.6) is 0 Å². The molecule has 92 valence electrons. The molecule has 0 bridgehead atoms. The summed E-state index contributed by atoms with van der Waals surface area (Å²) < 4.78 is 7.94. The molecule has 2 heterocycles. The molecule has 1 aliphatic carbocycles. The van der Waals surface area contributed by atoms with Crippen LogP contribution in [0, 0.1) is 6.92 Å². The standard InChI is InChI=1S/C14H19NO2/c1-10-8-12-13(5-2-6-14(12)16)15(10)11-4-3-7-17-9-11/h8,11H,2-7,9H2,1H3. The summed E-state index contributed by atoms with van der Waals surface area (Å²) >= 11 is 0. The van der Waals surface area contributed by atoms with Gasteiger partial charge in [0.25, 0.3) is 0 Å². The minimum absolute atomic E-state index is 0.324. The van der Waals surface area contributed by atoms with Crippen molar-refractivity contribution in [3.63, 3.8) is 0 Å². The predicted molar refractivity (Wildman–Crippen MR) is 65.5 cm³/mol. The Labute approximate surface area is 102 Å². The monoisotopic (exact) mass is 233 g/mol. The number of nitrogens with zero attached hydrogens (tertiary/aromatic N) is 1. The molecular formula is C14H19NO2. The van der Waals surface area contributed by atoms with Crippen molar-refractivity contribution in [3.05, 3.63) is 23.0 Å². The zero-order valence-electron chi connectivity index (χ0n) is 10.4. The maximum atomic E-state index is 11.9. The van der Waals surface area contributed by atoms with Crippen LogP contribution in [0.2, 0.25) is 0 Å². The smallest absolute Gasteiger partial charge is 0.164 e. The van der Waals surface area contributed by atoms with Gasteiger partial charge in [-0.1, -0.05) is 0 Å². The van der Waals surface area contributed by atoms with Crippen LogP contribution in [0.3, 0.4) is 0 Å². The van der Waals surface area contributed by atoms with E-state index in [1.54, 1.807) is 0 Å². The summed E-state index contributed by atoms with van der Waals surface area (Å²) in [7, 11) is 0. The van der Waals surface area contributed by atoms with E-state index in [1.165, 1.54) is 17.8 Å². The average Bonchev–Trinajstić information content (AvgIpc) is 2.68. The number of carbonyl (C=O) groups excluding carboxylic acids is 1.